The van der Waals surface area contributed by atoms with Crippen molar-refractivity contribution >= 4 is 15.9 Å². The monoisotopic (exact) mass is 337 g/mol. The third-order valence-electron chi connectivity index (χ3n) is 3.18. The Kier molecular flexibility index (Phi) is 5.20. The van der Waals surface area contributed by atoms with Crippen molar-refractivity contribution in [2.75, 3.05) is 6.54 Å². The van der Waals surface area contributed by atoms with E-state index in [2.05, 4.69) is 40.1 Å². The predicted octanol–water partition coefficient (Wildman–Crippen LogP) is 3.05. The van der Waals surface area contributed by atoms with Crippen LogP contribution in [0.15, 0.2) is 28.7 Å². The second kappa shape index (κ2) is 6.90. The van der Waals surface area contributed by atoms with Gasteiger partial charge in [-0.15, -0.1) is 0 Å². The van der Waals surface area contributed by atoms with Crippen molar-refractivity contribution in [2.45, 2.75) is 33.4 Å². The molecule has 1 aromatic carbocycles. The summed E-state index contributed by atoms with van der Waals surface area (Å²) in [6.45, 7) is 6.07. The third-order valence-corrected chi connectivity index (χ3v) is 4.22. The molecule has 0 bridgehead atoms. The van der Waals surface area contributed by atoms with Crippen LogP contribution in [0.5, 0.6) is 5.75 Å². The van der Waals surface area contributed by atoms with Gasteiger partial charge in [-0.2, -0.15) is 5.10 Å². The number of nitrogens with zero attached hydrogens (tertiary/aromatic N) is 2. The largest absolute Gasteiger partial charge is 0.487 e. The molecule has 0 amide bonds. The van der Waals surface area contributed by atoms with Crippen LogP contribution in [0, 0.1) is 6.92 Å². The van der Waals surface area contributed by atoms with Crippen molar-refractivity contribution in [1.29, 1.82) is 0 Å². The molecule has 0 radical (unpaired) electrons. The Hall–Kier alpha value is -1.33. The van der Waals surface area contributed by atoms with Gasteiger partial charge in [0.2, 0.25) is 0 Å². The summed E-state index contributed by atoms with van der Waals surface area (Å²) in [5, 5.41) is 4.46. The number of benzene rings is 1. The van der Waals surface area contributed by atoms with E-state index in [4.69, 9.17) is 10.5 Å². The first-order valence-corrected chi connectivity index (χ1v) is 7.58. The molecule has 0 atom stereocenters. The Morgan fingerprint density at radius 3 is 2.60 bits per heavy atom. The summed E-state index contributed by atoms with van der Waals surface area (Å²) in [7, 11) is 0. The summed E-state index contributed by atoms with van der Waals surface area (Å²) in [6, 6.07) is 8.08. The molecule has 2 N–H and O–H groups in total. The summed E-state index contributed by atoms with van der Waals surface area (Å²) in [5.74, 6) is 0.860. The molecular weight excluding hydrogens is 318 g/mol. The zero-order chi connectivity index (χ0) is 14.5. The number of ether oxygens (including phenoxy) is 1. The van der Waals surface area contributed by atoms with Gasteiger partial charge in [0.05, 0.1) is 15.9 Å². The van der Waals surface area contributed by atoms with E-state index in [0.717, 1.165) is 34.6 Å². The van der Waals surface area contributed by atoms with Gasteiger partial charge >= 0.3 is 0 Å². The Labute approximate surface area is 128 Å². The fourth-order valence-electron chi connectivity index (χ4n) is 2.08. The molecule has 1 aromatic heterocycles. The maximum absolute atomic E-state index is 5.84. The van der Waals surface area contributed by atoms with E-state index in [-0.39, 0.29) is 0 Å². The Morgan fingerprint density at radius 1 is 1.30 bits per heavy atom. The first kappa shape index (κ1) is 15.1. The smallest absolute Gasteiger partial charge is 0.131 e. The highest BCUT2D eigenvalue weighted by molar-refractivity contribution is 9.10. The second-order valence-electron chi connectivity index (χ2n) is 4.63. The quantitative estimate of drug-likeness (QED) is 0.881. The minimum absolute atomic E-state index is 0.505. The topological polar surface area (TPSA) is 53.1 Å². The minimum atomic E-state index is 0.505. The van der Waals surface area contributed by atoms with Crippen LogP contribution in [0.2, 0.25) is 0 Å². The van der Waals surface area contributed by atoms with Gasteiger partial charge < -0.3 is 10.5 Å². The van der Waals surface area contributed by atoms with Gasteiger partial charge in [0.1, 0.15) is 12.4 Å². The van der Waals surface area contributed by atoms with Crippen LogP contribution in [0.4, 0.5) is 0 Å². The Balaban J connectivity index is 2.05. The van der Waals surface area contributed by atoms with E-state index in [0.29, 0.717) is 13.2 Å². The molecule has 1 heterocycles. The molecule has 4 nitrogen and oxygen atoms in total. The van der Waals surface area contributed by atoms with E-state index in [1.807, 2.05) is 23.7 Å². The highest BCUT2D eigenvalue weighted by atomic mass is 79.9. The Bertz CT molecular complexity index is 563. The van der Waals surface area contributed by atoms with Crippen molar-refractivity contribution in [3.05, 3.63) is 45.7 Å². The minimum Gasteiger partial charge on any atom is -0.487 e. The maximum atomic E-state index is 5.84. The molecule has 0 spiro atoms. The standard InChI is InChI=1S/C15H20BrN3O/c1-3-19-14(15(16)11(2)18-19)10-20-13-6-4-12(5-7-13)8-9-17/h4-7H,3,8-10,17H2,1-2H3. The second-order valence-corrected chi connectivity index (χ2v) is 5.43. The lowest BCUT2D eigenvalue weighted by atomic mass is 10.1. The van der Waals surface area contributed by atoms with Crippen LogP contribution in [0.1, 0.15) is 23.9 Å². The van der Waals surface area contributed by atoms with Gasteiger partial charge in [0.15, 0.2) is 0 Å². The molecule has 2 aromatic rings. The average molecular weight is 338 g/mol. The molecular formula is C15H20BrN3O. The molecule has 0 unspecified atom stereocenters. The fourth-order valence-corrected chi connectivity index (χ4v) is 2.48. The van der Waals surface area contributed by atoms with Crippen LogP contribution in [0.3, 0.4) is 0 Å². The summed E-state index contributed by atoms with van der Waals surface area (Å²) in [5.41, 5.74) is 8.83. The average Bonchev–Trinajstić information content (AvgIpc) is 2.74. The normalized spacial score (nSPS) is 10.8. The number of aryl methyl sites for hydroxylation is 2. The van der Waals surface area contributed by atoms with Crippen LogP contribution in [0.25, 0.3) is 0 Å². The third kappa shape index (κ3) is 3.41. The molecule has 0 saturated heterocycles. The predicted molar refractivity (Wildman–Crippen MR) is 83.9 cm³/mol. The fraction of sp³-hybridized carbons (Fsp3) is 0.400. The SMILES string of the molecule is CCn1nc(C)c(Br)c1COc1ccc(CCN)cc1. The number of hydrogen-bond acceptors (Lipinski definition) is 3. The van der Waals surface area contributed by atoms with Gasteiger partial charge in [0.25, 0.3) is 0 Å². The van der Waals surface area contributed by atoms with Gasteiger partial charge in [-0.3, -0.25) is 4.68 Å². The molecule has 2 rings (SSSR count). The summed E-state index contributed by atoms with van der Waals surface area (Å²) < 4.78 is 8.83. The van der Waals surface area contributed by atoms with Crippen LogP contribution >= 0.6 is 15.9 Å². The molecule has 0 aliphatic heterocycles. The summed E-state index contributed by atoms with van der Waals surface area (Å²) >= 11 is 3.57. The lowest BCUT2D eigenvalue weighted by molar-refractivity contribution is 0.291. The zero-order valence-electron chi connectivity index (χ0n) is 11.9. The molecule has 5 heteroatoms. The Morgan fingerprint density at radius 2 is 2.00 bits per heavy atom. The van der Waals surface area contributed by atoms with Crippen LogP contribution in [-0.2, 0) is 19.6 Å². The van der Waals surface area contributed by atoms with E-state index in [1.165, 1.54) is 5.56 Å². The maximum Gasteiger partial charge on any atom is 0.131 e. The number of nitrogens with two attached hydrogens (primary N) is 1. The zero-order valence-corrected chi connectivity index (χ0v) is 13.5. The van der Waals surface area contributed by atoms with Gasteiger partial charge in [-0.1, -0.05) is 12.1 Å². The van der Waals surface area contributed by atoms with Gasteiger partial charge in [-0.25, -0.2) is 0 Å². The molecule has 0 aliphatic carbocycles. The summed E-state index contributed by atoms with van der Waals surface area (Å²) in [6.07, 6.45) is 0.896. The van der Waals surface area contributed by atoms with E-state index >= 15 is 0 Å². The van der Waals surface area contributed by atoms with E-state index in [9.17, 15) is 0 Å². The van der Waals surface area contributed by atoms with Gasteiger partial charge in [-0.05, 0) is 60.4 Å². The highest BCUT2D eigenvalue weighted by Gasteiger charge is 2.12. The lowest BCUT2D eigenvalue weighted by Crippen LogP contribution is -2.07. The van der Waals surface area contributed by atoms with Gasteiger partial charge in [0, 0.05) is 6.54 Å². The summed E-state index contributed by atoms with van der Waals surface area (Å²) in [4.78, 5) is 0. The number of aromatic nitrogens is 2. The molecule has 20 heavy (non-hydrogen) atoms. The van der Waals surface area contributed by atoms with Crippen molar-refractivity contribution < 1.29 is 4.74 Å². The highest BCUT2D eigenvalue weighted by Crippen LogP contribution is 2.23. The number of rotatable bonds is 6. The molecule has 0 aliphatic rings. The number of halogens is 1. The van der Waals surface area contributed by atoms with E-state index in [1.54, 1.807) is 0 Å². The molecule has 108 valence electrons. The molecule has 0 saturated carbocycles. The van der Waals surface area contributed by atoms with Crippen molar-refractivity contribution in [2.24, 2.45) is 5.73 Å². The van der Waals surface area contributed by atoms with Crippen molar-refractivity contribution in [3.8, 4) is 5.75 Å². The lowest BCUT2D eigenvalue weighted by Gasteiger charge is -2.09. The number of hydrogen-bond donors (Lipinski definition) is 1. The van der Waals surface area contributed by atoms with Crippen molar-refractivity contribution in [3.63, 3.8) is 0 Å². The first-order valence-electron chi connectivity index (χ1n) is 6.79. The van der Waals surface area contributed by atoms with Crippen LogP contribution < -0.4 is 10.5 Å². The molecule has 0 fully saturated rings. The van der Waals surface area contributed by atoms with Crippen molar-refractivity contribution in [1.82, 2.24) is 9.78 Å². The van der Waals surface area contributed by atoms with E-state index < -0.39 is 0 Å². The van der Waals surface area contributed by atoms with Crippen LogP contribution in [-0.4, -0.2) is 16.3 Å². The first-order chi connectivity index (χ1) is 9.65.